The van der Waals surface area contributed by atoms with Gasteiger partial charge >= 0.3 is 5.97 Å². The van der Waals surface area contributed by atoms with Crippen LogP contribution >= 0.6 is 12.4 Å². The van der Waals surface area contributed by atoms with Crippen LogP contribution in [0.2, 0.25) is 0 Å². The maximum absolute atomic E-state index is 10.3. The Bertz CT molecular complexity index is 152. The van der Waals surface area contributed by atoms with E-state index < -0.39 is 5.97 Å². The van der Waals surface area contributed by atoms with Crippen LogP contribution in [0.25, 0.3) is 0 Å². The van der Waals surface area contributed by atoms with Crippen LogP contribution in [-0.2, 0) is 4.79 Å². The maximum Gasteiger partial charge on any atom is 0.317 e. The summed E-state index contributed by atoms with van der Waals surface area (Å²) in [5.74, 6) is -0.0396. The van der Waals surface area contributed by atoms with E-state index in [1.165, 1.54) is 6.42 Å². The second-order valence-corrected chi connectivity index (χ2v) is 3.38. The molecular weight excluding hydrogens is 178 g/mol. The zero-order valence-corrected chi connectivity index (χ0v) is 8.14. The Kier molecular flexibility index (Phi) is 5.25. The molecule has 1 aliphatic heterocycles. The van der Waals surface area contributed by atoms with Gasteiger partial charge in [-0.3, -0.25) is 9.69 Å². The van der Waals surface area contributed by atoms with Crippen molar-refractivity contribution in [3.05, 3.63) is 0 Å². The minimum absolute atomic E-state index is 0. The highest BCUT2D eigenvalue weighted by Crippen LogP contribution is 2.14. The first-order valence-corrected chi connectivity index (χ1v) is 4.12. The van der Waals surface area contributed by atoms with Crippen LogP contribution in [0.1, 0.15) is 19.8 Å². The van der Waals surface area contributed by atoms with Crippen molar-refractivity contribution in [1.82, 2.24) is 4.90 Å². The number of likely N-dealkylation sites (tertiary alicyclic amines) is 1. The van der Waals surface area contributed by atoms with Gasteiger partial charge in [-0.25, -0.2) is 0 Å². The average molecular weight is 194 g/mol. The second-order valence-electron chi connectivity index (χ2n) is 3.38. The number of rotatable bonds is 2. The molecule has 0 bridgehead atoms. The number of aliphatic carboxylic acids is 1. The van der Waals surface area contributed by atoms with Crippen molar-refractivity contribution in [1.29, 1.82) is 0 Å². The summed E-state index contributed by atoms with van der Waals surface area (Å²) in [5.41, 5.74) is 0. The minimum atomic E-state index is -0.709. The molecule has 0 spiro atoms. The lowest BCUT2D eigenvalue weighted by Crippen LogP contribution is -2.37. The molecule has 72 valence electrons. The molecule has 0 aromatic rings. The Morgan fingerprint density at radius 3 is 2.83 bits per heavy atom. The largest absolute Gasteiger partial charge is 0.480 e. The molecule has 0 radical (unpaired) electrons. The summed E-state index contributed by atoms with van der Waals surface area (Å²) in [7, 11) is 0. The SMILES string of the molecule is C[C@H]1CCCN(CC(=O)O)C1.Cl. The number of hydrogen-bond donors (Lipinski definition) is 1. The highest BCUT2D eigenvalue weighted by molar-refractivity contribution is 5.85. The lowest BCUT2D eigenvalue weighted by atomic mass is 10.0. The van der Waals surface area contributed by atoms with E-state index >= 15 is 0 Å². The molecule has 3 nitrogen and oxygen atoms in total. The van der Waals surface area contributed by atoms with Gasteiger partial charge in [0.05, 0.1) is 6.54 Å². The monoisotopic (exact) mass is 193 g/mol. The van der Waals surface area contributed by atoms with Crippen molar-refractivity contribution in [2.24, 2.45) is 5.92 Å². The molecule has 1 aliphatic rings. The van der Waals surface area contributed by atoms with E-state index in [4.69, 9.17) is 5.11 Å². The summed E-state index contributed by atoms with van der Waals surface area (Å²) in [5, 5.41) is 8.51. The highest BCUT2D eigenvalue weighted by atomic mass is 35.5. The number of piperidine rings is 1. The third kappa shape index (κ3) is 3.93. The van der Waals surface area contributed by atoms with E-state index in [-0.39, 0.29) is 19.0 Å². The molecule has 0 unspecified atom stereocenters. The van der Waals surface area contributed by atoms with Gasteiger partial charge in [-0.2, -0.15) is 0 Å². The standard InChI is InChI=1S/C8H15NO2.ClH/c1-7-3-2-4-9(5-7)6-8(10)11;/h7H,2-6H2,1H3,(H,10,11);1H/t7-;/m0./s1. The fourth-order valence-corrected chi connectivity index (χ4v) is 1.62. The van der Waals surface area contributed by atoms with Gasteiger partial charge in [0.25, 0.3) is 0 Å². The van der Waals surface area contributed by atoms with E-state index in [0.29, 0.717) is 5.92 Å². The number of halogens is 1. The van der Waals surface area contributed by atoms with Gasteiger partial charge in [0, 0.05) is 6.54 Å². The molecule has 12 heavy (non-hydrogen) atoms. The van der Waals surface area contributed by atoms with Crippen molar-refractivity contribution in [3.8, 4) is 0 Å². The van der Waals surface area contributed by atoms with Gasteiger partial charge in [0.2, 0.25) is 0 Å². The Hall–Kier alpha value is -0.280. The molecule has 1 saturated heterocycles. The Morgan fingerprint density at radius 1 is 1.67 bits per heavy atom. The van der Waals surface area contributed by atoms with Crippen LogP contribution < -0.4 is 0 Å². The summed E-state index contributed by atoms with van der Waals surface area (Å²) in [6.07, 6.45) is 2.39. The number of carboxylic acid groups (broad SMARTS) is 1. The van der Waals surface area contributed by atoms with Crippen molar-refractivity contribution in [2.45, 2.75) is 19.8 Å². The van der Waals surface area contributed by atoms with Crippen LogP contribution in [0.3, 0.4) is 0 Å². The number of carbonyl (C=O) groups is 1. The van der Waals surface area contributed by atoms with E-state index in [9.17, 15) is 4.79 Å². The van der Waals surface area contributed by atoms with E-state index in [1.807, 2.05) is 4.90 Å². The minimum Gasteiger partial charge on any atom is -0.480 e. The first-order chi connectivity index (χ1) is 5.18. The van der Waals surface area contributed by atoms with Crippen molar-refractivity contribution < 1.29 is 9.90 Å². The lowest BCUT2D eigenvalue weighted by molar-refractivity contribution is -0.138. The zero-order valence-electron chi connectivity index (χ0n) is 7.32. The van der Waals surface area contributed by atoms with Gasteiger partial charge in [-0.1, -0.05) is 6.92 Å². The number of hydrogen-bond acceptors (Lipinski definition) is 2. The van der Waals surface area contributed by atoms with Crippen LogP contribution in [0.4, 0.5) is 0 Å². The summed E-state index contributed by atoms with van der Waals surface area (Å²) in [4.78, 5) is 12.3. The third-order valence-corrected chi connectivity index (χ3v) is 2.10. The molecule has 1 fully saturated rings. The fourth-order valence-electron chi connectivity index (χ4n) is 1.62. The summed E-state index contributed by atoms with van der Waals surface area (Å²) >= 11 is 0. The quantitative estimate of drug-likeness (QED) is 0.717. The fraction of sp³-hybridized carbons (Fsp3) is 0.875. The molecule has 0 saturated carbocycles. The molecule has 0 aromatic carbocycles. The molecule has 0 aromatic heterocycles. The van der Waals surface area contributed by atoms with Gasteiger partial charge in [-0.05, 0) is 25.3 Å². The second kappa shape index (κ2) is 5.38. The van der Waals surface area contributed by atoms with Crippen LogP contribution in [-0.4, -0.2) is 35.6 Å². The normalized spacial score (nSPS) is 24.6. The molecule has 1 heterocycles. The predicted octanol–water partition coefficient (Wildman–Crippen LogP) is 1.22. The number of carboxylic acids is 1. The van der Waals surface area contributed by atoms with Crippen LogP contribution in [0.5, 0.6) is 0 Å². The predicted molar refractivity (Wildman–Crippen MR) is 49.7 cm³/mol. The maximum atomic E-state index is 10.3. The molecule has 0 amide bonds. The molecule has 4 heteroatoms. The van der Waals surface area contributed by atoms with E-state index in [1.54, 1.807) is 0 Å². The number of nitrogens with zero attached hydrogens (tertiary/aromatic N) is 1. The van der Waals surface area contributed by atoms with Crippen molar-refractivity contribution in [3.63, 3.8) is 0 Å². The average Bonchev–Trinajstić information content (AvgIpc) is 1.85. The first kappa shape index (κ1) is 11.7. The third-order valence-electron chi connectivity index (χ3n) is 2.10. The van der Waals surface area contributed by atoms with E-state index in [2.05, 4.69) is 6.92 Å². The molecular formula is C8H16ClNO2. The zero-order chi connectivity index (χ0) is 8.27. The first-order valence-electron chi connectivity index (χ1n) is 4.12. The van der Waals surface area contributed by atoms with Crippen molar-refractivity contribution in [2.75, 3.05) is 19.6 Å². The van der Waals surface area contributed by atoms with Gasteiger partial charge in [-0.15, -0.1) is 12.4 Å². The smallest absolute Gasteiger partial charge is 0.317 e. The Morgan fingerprint density at radius 2 is 2.33 bits per heavy atom. The summed E-state index contributed by atoms with van der Waals surface area (Å²) < 4.78 is 0. The van der Waals surface area contributed by atoms with Crippen LogP contribution in [0, 0.1) is 5.92 Å². The summed E-state index contributed by atoms with van der Waals surface area (Å²) in [6, 6.07) is 0. The highest BCUT2D eigenvalue weighted by Gasteiger charge is 2.17. The molecule has 0 aliphatic carbocycles. The molecule has 1 rings (SSSR count). The van der Waals surface area contributed by atoms with Gasteiger partial charge < -0.3 is 5.11 Å². The topological polar surface area (TPSA) is 40.5 Å². The Labute approximate surface area is 79.2 Å². The Balaban J connectivity index is 0.00000121. The lowest BCUT2D eigenvalue weighted by Gasteiger charge is -2.29. The molecule has 1 N–H and O–H groups in total. The summed E-state index contributed by atoms with van der Waals surface area (Å²) in [6.45, 7) is 4.29. The van der Waals surface area contributed by atoms with E-state index in [0.717, 1.165) is 19.5 Å². The van der Waals surface area contributed by atoms with Gasteiger partial charge in [0.1, 0.15) is 0 Å². The van der Waals surface area contributed by atoms with Crippen LogP contribution in [0.15, 0.2) is 0 Å². The molecule has 1 atom stereocenters. The van der Waals surface area contributed by atoms with Crippen molar-refractivity contribution >= 4 is 18.4 Å². The van der Waals surface area contributed by atoms with Gasteiger partial charge in [0.15, 0.2) is 0 Å².